The van der Waals surface area contributed by atoms with Gasteiger partial charge in [-0.05, 0) is 18.6 Å². The smallest absolute Gasteiger partial charge is 0.416 e. The highest BCUT2D eigenvalue weighted by molar-refractivity contribution is 5.97. The molecular formula is C20H19F3N4O6. The summed E-state index contributed by atoms with van der Waals surface area (Å²) in [6, 6.07) is 5.63. The SMILES string of the molecule is COc1c(C)cccc1C(=O)N1CCN(c2c([N+](=O)[O-])cc(C(F)(F)F)cc2[N+](=O)[O-])CC1. The maximum atomic E-state index is 13.1. The van der Waals surface area contributed by atoms with E-state index in [0.717, 1.165) is 5.56 Å². The molecule has 2 aromatic rings. The van der Waals surface area contributed by atoms with Crippen molar-refractivity contribution in [3.8, 4) is 5.75 Å². The lowest BCUT2D eigenvalue weighted by molar-refractivity contribution is -0.393. The van der Waals surface area contributed by atoms with Gasteiger partial charge in [0.2, 0.25) is 0 Å². The second-order valence-corrected chi connectivity index (χ2v) is 7.31. The first-order chi connectivity index (χ1) is 15.5. The zero-order valence-corrected chi connectivity index (χ0v) is 17.6. The number of rotatable bonds is 5. The number of ether oxygens (including phenoxy) is 1. The second kappa shape index (κ2) is 8.92. The summed E-state index contributed by atoms with van der Waals surface area (Å²) in [5, 5.41) is 23.0. The maximum Gasteiger partial charge on any atom is 0.416 e. The number of anilines is 1. The largest absolute Gasteiger partial charge is 0.496 e. The van der Waals surface area contributed by atoms with Gasteiger partial charge in [-0.2, -0.15) is 13.2 Å². The number of nitro benzene ring substituents is 2. The Kier molecular flexibility index (Phi) is 6.42. The fourth-order valence-electron chi connectivity index (χ4n) is 3.77. The topological polar surface area (TPSA) is 119 Å². The van der Waals surface area contributed by atoms with Crippen molar-refractivity contribution in [3.05, 3.63) is 67.3 Å². The Morgan fingerprint density at radius 2 is 1.58 bits per heavy atom. The number of carbonyl (C=O) groups is 1. The van der Waals surface area contributed by atoms with Gasteiger partial charge in [-0.1, -0.05) is 12.1 Å². The van der Waals surface area contributed by atoms with Crippen LogP contribution in [0.5, 0.6) is 5.75 Å². The van der Waals surface area contributed by atoms with Crippen LogP contribution in [0.2, 0.25) is 0 Å². The summed E-state index contributed by atoms with van der Waals surface area (Å²) in [7, 11) is 1.43. The lowest BCUT2D eigenvalue weighted by atomic mass is 10.1. The molecule has 0 aromatic heterocycles. The van der Waals surface area contributed by atoms with Crippen LogP contribution in [-0.2, 0) is 6.18 Å². The molecular weight excluding hydrogens is 449 g/mol. The molecule has 1 amide bonds. The standard InChI is InChI=1S/C20H19F3N4O6/c1-12-4-3-5-14(18(12)33-2)19(28)25-8-6-24(7-9-25)17-15(26(29)30)10-13(20(21,22)23)11-16(17)27(31)32/h3-5,10-11H,6-9H2,1-2H3. The Morgan fingerprint density at radius 3 is 2.03 bits per heavy atom. The molecule has 0 atom stereocenters. The first-order valence-corrected chi connectivity index (χ1v) is 9.67. The number of para-hydroxylation sites is 1. The highest BCUT2D eigenvalue weighted by Crippen LogP contribution is 2.43. The Labute approximate surface area is 185 Å². The van der Waals surface area contributed by atoms with E-state index in [1.54, 1.807) is 25.1 Å². The number of halogens is 3. The molecule has 0 bridgehead atoms. The number of nitro groups is 2. The van der Waals surface area contributed by atoms with Crippen molar-refractivity contribution < 1.29 is 32.5 Å². The monoisotopic (exact) mass is 468 g/mol. The number of hydrogen-bond donors (Lipinski definition) is 0. The molecule has 176 valence electrons. The van der Waals surface area contributed by atoms with Crippen LogP contribution >= 0.6 is 0 Å². The number of nitrogens with zero attached hydrogens (tertiary/aromatic N) is 4. The predicted octanol–water partition coefficient (Wildman–Crippen LogP) is 3.80. The van der Waals surface area contributed by atoms with Gasteiger partial charge in [0.1, 0.15) is 5.75 Å². The highest BCUT2D eigenvalue weighted by atomic mass is 19.4. The number of amides is 1. The van der Waals surface area contributed by atoms with Crippen molar-refractivity contribution in [1.82, 2.24) is 4.90 Å². The molecule has 10 nitrogen and oxygen atoms in total. The molecule has 1 heterocycles. The minimum absolute atomic E-state index is 0.0469. The fourth-order valence-corrected chi connectivity index (χ4v) is 3.77. The lowest BCUT2D eigenvalue weighted by Crippen LogP contribution is -2.49. The number of carbonyl (C=O) groups excluding carboxylic acids is 1. The first-order valence-electron chi connectivity index (χ1n) is 9.67. The van der Waals surface area contributed by atoms with Crippen molar-refractivity contribution in [2.24, 2.45) is 0 Å². The number of hydrogen-bond acceptors (Lipinski definition) is 7. The minimum atomic E-state index is -4.99. The number of methoxy groups -OCH3 is 1. The van der Waals surface area contributed by atoms with E-state index in [1.807, 2.05) is 0 Å². The van der Waals surface area contributed by atoms with Gasteiger partial charge in [0, 0.05) is 38.3 Å². The van der Waals surface area contributed by atoms with Gasteiger partial charge in [-0.15, -0.1) is 0 Å². The number of benzene rings is 2. The maximum absolute atomic E-state index is 13.1. The average molecular weight is 468 g/mol. The summed E-state index contributed by atoms with van der Waals surface area (Å²) in [5.41, 5.74) is -2.97. The zero-order chi connectivity index (χ0) is 24.5. The van der Waals surface area contributed by atoms with Crippen molar-refractivity contribution in [2.45, 2.75) is 13.1 Å². The van der Waals surface area contributed by atoms with E-state index in [2.05, 4.69) is 0 Å². The molecule has 1 aliphatic heterocycles. The quantitative estimate of drug-likeness (QED) is 0.484. The minimum Gasteiger partial charge on any atom is -0.496 e. The summed E-state index contributed by atoms with van der Waals surface area (Å²) in [5.74, 6) is 0.0468. The predicted molar refractivity (Wildman–Crippen MR) is 111 cm³/mol. The molecule has 0 unspecified atom stereocenters. The van der Waals surface area contributed by atoms with Crippen LogP contribution in [0.25, 0.3) is 0 Å². The Morgan fingerprint density at radius 1 is 1.03 bits per heavy atom. The van der Waals surface area contributed by atoms with Crippen molar-refractivity contribution >= 4 is 23.0 Å². The third kappa shape index (κ3) is 4.66. The van der Waals surface area contributed by atoms with E-state index >= 15 is 0 Å². The molecule has 13 heteroatoms. The Balaban J connectivity index is 1.92. The first kappa shape index (κ1) is 23.8. The molecule has 3 rings (SSSR count). The lowest BCUT2D eigenvalue weighted by Gasteiger charge is -2.35. The van der Waals surface area contributed by atoms with Gasteiger partial charge in [0.15, 0.2) is 5.69 Å². The van der Waals surface area contributed by atoms with Gasteiger partial charge in [-0.25, -0.2) is 0 Å². The molecule has 0 aliphatic carbocycles. The Hall–Kier alpha value is -3.90. The van der Waals surface area contributed by atoms with Crippen LogP contribution in [0.15, 0.2) is 30.3 Å². The third-order valence-electron chi connectivity index (χ3n) is 5.32. The van der Waals surface area contributed by atoms with E-state index in [-0.39, 0.29) is 44.2 Å². The highest BCUT2D eigenvalue weighted by Gasteiger charge is 2.40. The zero-order valence-electron chi connectivity index (χ0n) is 17.6. The summed E-state index contributed by atoms with van der Waals surface area (Å²) in [4.78, 5) is 36.5. The molecule has 0 spiro atoms. The van der Waals surface area contributed by atoms with E-state index in [4.69, 9.17) is 4.74 Å². The van der Waals surface area contributed by atoms with Crippen LogP contribution in [0.4, 0.5) is 30.2 Å². The molecule has 1 fully saturated rings. The number of piperazine rings is 1. The normalized spacial score (nSPS) is 14.2. The van der Waals surface area contributed by atoms with E-state index in [1.165, 1.54) is 16.9 Å². The van der Waals surface area contributed by atoms with Crippen LogP contribution < -0.4 is 9.64 Å². The van der Waals surface area contributed by atoms with Crippen LogP contribution in [0.3, 0.4) is 0 Å². The second-order valence-electron chi connectivity index (χ2n) is 7.31. The summed E-state index contributed by atoms with van der Waals surface area (Å²) in [6.07, 6.45) is -4.99. The van der Waals surface area contributed by atoms with E-state index < -0.39 is 38.6 Å². The summed E-state index contributed by atoms with van der Waals surface area (Å²) in [6.45, 7) is 1.77. The van der Waals surface area contributed by atoms with Gasteiger partial charge < -0.3 is 14.5 Å². The summed E-state index contributed by atoms with van der Waals surface area (Å²) >= 11 is 0. The van der Waals surface area contributed by atoms with Gasteiger partial charge in [-0.3, -0.25) is 25.0 Å². The third-order valence-corrected chi connectivity index (χ3v) is 5.32. The molecule has 0 N–H and O–H groups in total. The average Bonchev–Trinajstić information content (AvgIpc) is 2.76. The van der Waals surface area contributed by atoms with Crippen molar-refractivity contribution in [1.29, 1.82) is 0 Å². The molecule has 33 heavy (non-hydrogen) atoms. The van der Waals surface area contributed by atoms with Gasteiger partial charge in [0.05, 0.1) is 28.1 Å². The van der Waals surface area contributed by atoms with Crippen LogP contribution in [0.1, 0.15) is 21.5 Å². The Bertz CT molecular complexity index is 1080. The molecule has 1 saturated heterocycles. The van der Waals surface area contributed by atoms with E-state index in [0.29, 0.717) is 11.3 Å². The number of alkyl halides is 3. The molecule has 1 aliphatic rings. The van der Waals surface area contributed by atoms with E-state index in [9.17, 15) is 38.2 Å². The molecule has 0 radical (unpaired) electrons. The fraction of sp³-hybridized carbons (Fsp3) is 0.350. The van der Waals surface area contributed by atoms with Crippen molar-refractivity contribution in [2.75, 3.05) is 38.2 Å². The van der Waals surface area contributed by atoms with Crippen LogP contribution in [-0.4, -0.2) is 53.9 Å². The molecule has 2 aromatic carbocycles. The van der Waals surface area contributed by atoms with Crippen LogP contribution in [0, 0.1) is 27.2 Å². The molecule has 0 saturated carbocycles. The van der Waals surface area contributed by atoms with Crippen molar-refractivity contribution in [3.63, 3.8) is 0 Å². The number of aryl methyl sites for hydroxylation is 1. The van der Waals surface area contributed by atoms with Gasteiger partial charge >= 0.3 is 6.18 Å². The summed E-state index contributed by atoms with van der Waals surface area (Å²) < 4.78 is 44.7. The van der Waals surface area contributed by atoms with Gasteiger partial charge in [0.25, 0.3) is 17.3 Å².